The normalized spacial score (nSPS) is 24.4. The summed E-state index contributed by atoms with van der Waals surface area (Å²) in [6.07, 6.45) is 4.95. The summed E-state index contributed by atoms with van der Waals surface area (Å²) < 4.78 is 5.04. The van der Waals surface area contributed by atoms with Gasteiger partial charge in [-0.2, -0.15) is 0 Å². The minimum absolute atomic E-state index is 0.0179. The Kier molecular flexibility index (Phi) is 4.01. The molecule has 2 rings (SSSR count). The first-order valence-corrected chi connectivity index (χ1v) is 6.45. The van der Waals surface area contributed by atoms with E-state index < -0.39 is 5.97 Å². The van der Waals surface area contributed by atoms with Gasteiger partial charge in [-0.25, -0.2) is 4.79 Å². The number of carboxylic acid groups (broad SMARTS) is 1. The molecule has 0 unspecified atom stereocenters. The van der Waals surface area contributed by atoms with E-state index in [1.807, 2.05) is 0 Å². The van der Waals surface area contributed by atoms with E-state index in [9.17, 15) is 4.79 Å². The molecule has 0 aliphatic heterocycles. The quantitative estimate of drug-likeness (QED) is 0.891. The predicted octanol–water partition coefficient (Wildman–Crippen LogP) is 2.38. The lowest BCUT2D eigenvalue weighted by atomic mass is 9.87. The molecule has 0 atom stereocenters. The number of rotatable bonds is 4. The fraction of sp³-hybridized carbons (Fsp3) is 0.692. The molecule has 1 saturated carbocycles. The molecule has 1 aliphatic rings. The van der Waals surface area contributed by atoms with E-state index in [-0.39, 0.29) is 5.69 Å². The number of hydrogen-bond donors (Lipinski definition) is 1. The monoisotopic (exact) mass is 252 g/mol. The summed E-state index contributed by atoms with van der Waals surface area (Å²) in [5, 5.41) is 12.3. The van der Waals surface area contributed by atoms with Gasteiger partial charge in [-0.1, -0.05) is 12.1 Å². The Labute approximate surface area is 107 Å². The summed E-state index contributed by atoms with van der Waals surface area (Å²) >= 11 is 0. The lowest BCUT2D eigenvalue weighted by Gasteiger charge is -2.32. The number of carboxylic acids is 1. The molecule has 1 aliphatic carbocycles. The second kappa shape index (κ2) is 5.52. The Bertz CT molecular complexity index is 408. The summed E-state index contributed by atoms with van der Waals surface area (Å²) in [7, 11) is 2.06. The van der Waals surface area contributed by atoms with Gasteiger partial charge in [0.15, 0.2) is 11.5 Å². The lowest BCUT2D eigenvalue weighted by Crippen LogP contribution is -2.34. The first-order valence-electron chi connectivity index (χ1n) is 6.45. The van der Waals surface area contributed by atoms with Gasteiger partial charge >= 0.3 is 5.97 Å². The van der Waals surface area contributed by atoms with Crippen molar-refractivity contribution < 1.29 is 14.4 Å². The molecule has 1 aromatic rings. The van der Waals surface area contributed by atoms with E-state index in [0.717, 1.165) is 5.92 Å². The van der Waals surface area contributed by atoms with E-state index in [4.69, 9.17) is 9.63 Å². The average molecular weight is 252 g/mol. The van der Waals surface area contributed by atoms with Gasteiger partial charge in [-0.05, 0) is 38.6 Å². The second-order valence-corrected chi connectivity index (χ2v) is 5.31. The fourth-order valence-corrected chi connectivity index (χ4v) is 2.55. The van der Waals surface area contributed by atoms with Crippen molar-refractivity contribution in [1.29, 1.82) is 0 Å². The molecule has 100 valence electrons. The summed E-state index contributed by atoms with van der Waals surface area (Å²) in [5.41, 5.74) is -0.0179. The summed E-state index contributed by atoms with van der Waals surface area (Å²) in [6.45, 7) is 2.92. The van der Waals surface area contributed by atoms with Crippen LogP contribution in [0.2, 0.25) is 0 Å². The Morgan fingerprint density at radius 1 is 1.50 bits per heavy atom. The maximum absolute atomic E-state index is 10.7. The third kappa shape index (κ3) is 3.10. The molecular formula is C13H20N2O3. The van der Waals surface area contributed by atoms with Crippen LogP contribution in [0.3, 0.4) is 0 Å². The van der Waals surface area contributed by atoms with E-state index in [1.54, 1.807) is 0 Å². The molecule has 0 radical (unpaired) electrons. The Morgan fingerprint density at radius 2 is 2.17 bits per heavy atom. The number of carbonyl (C=O) groups is 1. The van der Waals surface area contributed by atoms with Crippen molar-refractivity contribution in [1.82, 2.24) is 10.1 Å². The summed E-state index contributed by atoms with van der Waals surface area (Å²) in [6, 6.07) is 2.07. The molecule has 5 nitrogen and oxygen atoms in total. The van der Waals surface area contributed by atoms with Crippen molar-refractivity contribution in [2.45, 2.75) is 45.2 Å². The van der Waals surface area contributed by atoms with E-state index in [2.05, 4.69) is 24.0 Å². The van der Waals surface area contributed by atoms with E-state index in [0.29, 0.717) is 18.3 Å². The number of hydrogen-bond acceptors (Lipinski definition) is 4. The average Bonchev–Trinajstić information content (AvgIpc) is 2.78. The first kappa shape index (κ1) is 13.1. The van der Waals surface area contributed by atoms with Gasteiger partial charge in [0.25, 0.3) is 0 Å². The SMILES string of the molecule is CC1CCC(N(C)Cc2cc(C(=O)O)no2)CC1. The summed E-state index contributed by atoms with van der Waals surface area (Å²) in [4.78, 5) is 12.9. The van der Waals surface area contributed by atoms with Crippen molar-refractivity contribution in [2.75, 3.05) is 7.05 Å². The molecule has 0 saturated heterocycles. The van der Waals surface area contributed by atoms with Gasteiger partial charge in [0.05, 0.1) is 6.54 Å². The maximum atomic E-state index is 10.7. The van der Waals surface area contributed by atoms with Crippen LogP contribution >= 0.6 is 0 Å². The molecule has 1 heterocycles. The second-order valence-electron chi connectivity index (χ2n) is 5.31. The zero-order valence-electron chi connectivity index (χ0n) is 10.9. The van der Waals surface area contributed by atoms with E-state index in [1.165, 1.54) is 31.7 Å². The van der Waals surface area contributed by atoms with Crippen LogP contribution in [0.15, 0.2) is 10.6 Å². The van der Waals surface area contributed by atoms with E-state index >= 15 is 0 Å². The van der Waals surface area contributed by atoms with Gasteiger partial charge in [0.1, 0.15) is 0 Å². The Balaban J connectivity index is 1.90. The highest BCUT2D eigenvalue weighted by Crippen LogP contribution is 2.27. The van der Waals surface area contributed by atoms with Gasteiger partial charge in [-0.3, -0.25) is 4.90 Å². The molecule has 0 amide bonds. The molecule has 1 N–H and O–H groups in total. The molecule has 18 heavy (non-hydrogen) atoms. The van der Waals surface area contributed by atoms with Crippen molar-refractivity contribution in [3.63, 3.8) is 0 Å². The maximum Gasteiger partial charge on any atom is 0.358 e. The van der Waals surface area contributed by atoms with Crippen LogP contribution < -0.4 is 0 Å². The van der Waals surface area contributed by atoms with Gasteiger partial charge < -0.3 is 9.63 Å². The van der Waals surface area contributed by atoms with Crippen LogP contribution in [0, 0.1) is 5.92 Å². The smallest absolute Gasteiger partial charge is 0.358 e. The van der Waals surface area contributed by atoms with Crippen molar-refractivity contribution in [3.8, 4) is 0 Å². The number of aromatic carboxylic acids is 1. The molecule has 0 bridgehead atoms. The lowest BCUT2D eigenvalue weighted by molar-refractivity contribution is 0.0685. The topological polar surface area (TPSA) is 66.6 Å². The number of aromatic nitrogens is 1. The molecule has 0 spiro atoms. The van der Waals surface area contributed by atoms with Crippen molar-refractivity contribution >= 4 is 5.97 Å². The van der Waals surface area contributed by atoms with Gasteiger partial charge in [0, 0.05) is 12.1 Å². The van der Waals surface area contributed by atoms with Crippen molar-refractivity contribution in [3.05, 3.63) is 17.5 Å². The van der Waals surface area contributed by atoms with Gasteiger partial charge in [0.2, 0.25) is 0 Å². The van der Waals surface area contributed by atoms with Crippen LogP contribution in [-0.4, -0.2) is 34.2 Å². The van der Waals surface area contributed by atoms with Crippen LogP contribution in [0.4, 0.5) is 0 Å². The Morgan fingerprint density at radius 3 is 2.72 bits per heavy atom. The highest BCUT2D eigenvalue weighted by Gasteiger charge is 2.22. The molecule has 1 fully saturated rings. The molecule has 5 heteroatoms. The van der Waals surface area contributed by atoms with Crippen LogP contribution in [0.1, 0.15) is 48.9 Å². The van der Waals surface area contributed by atoms with Crippen LogP contribution in [0.5, 0.6) is 0 Å². The van der Waals surface area contributed by atoms with Gasteiger partial charge in [-0.15, -0.1) is 0 Å². The largest absolute Gasteiger partial charge is 0.476 e. The molecule has 1 aromatic heterocycles. The third-order valence-electron chi connectivity index (χ3n) is 3.79. The highest BCUT2D eigenvalue weighted by molar-refractivity contribution is 5.85. The van der Waals surface area contributed by atoms with Crippen LogP contribution in [0.25, 0.3) is 0 Å². The Hall–Kier alpha value is -1.36. The fourth-order valence-electron chi connectivity index (χ4n) is 2.55. The minimum Gasteiger partial charge on any atom is -0.476 e. The van der Waals surface area contributed by atoms with Crippen molar-refractivity contribution in [2.24, 2.45) is 5.92 Å². The standard InChI is InChI=1S/C13H20N2O3/c1-9-3-5-10(6-4-9)15(2)8-11-7-12(13(16)17)14-18-11/h7,9-10H,3-6,8H2,1-2H3,(H,16,17). The summed E-state index contributed by atoms with van der Waals surface area (Å²) in [5.74, 6) is 0.409. The zero-order chi connectivity index (χ0) is 13.1. The predicted molar refractivity (Wildman–Crippen MR) is 66.3 cm³/mol. The zero-order valence-corrected chi connectivity index (χ0v) is 10.9. The first-order chi connectivity index (χ1) is 8.56. The van der Waals surface area contributed by atoms with Crippen LogP contribution in [-0.2, 0) is 6.54 Å². The number of nitrogens with zero attached hydrogens (tertiary/aromatic N) is 2. The molecule has 0 aromatic carbocycles. The third-order valence-corrected chi connectivity index (χ3v) is 3.79. The molecular weight excluding hydrogens is 232 g/mol. The highest BCUT2D eigenvalue weighted by atomic mass is 16.5. The minimum atomic E-state index is -1.04.